The van der Waals surface area contributed by atoms with Crippen molar-refractivity contribution < 1.29 is 52.3 Å². The minimum absolute atomic E-state index is 0.0118. The average molecular weight is 725 g/mol. The Balaban J connectivity index is 1.04. The molecule has 0 saturated heterocycles. The van der Waals surface area contributed by atoms with Gasteiger partial charge in [-0.25, -0.2) is 4.68 Å². The molecule has 1 aromatic heterocycles. The summed E-state index contributed by atoms with van der Waals surface area (Å²) in [6, 6.07) is 0. The second-order valence-electron chi connectivity index (χ2n) is 12.0. The molecule has 0 unspecified atom stereocenters. The Labute approximate surface area is 300 Å². The molecule has 17 heteroatoms. The van der Waals surface area contributed by atoms with E-state index in [1.165, 1.54) is 17.1 Å². The topological polar surface area (TPSA) is 191 Å². The summed E-state index contributed by atoms with van der Waals surface area (Å²) in [4.78, 5) is 49.4. The van der Waals surface area contributed by atoms with E-state index in [9.17, 15) is 19.2 Å². The number of nitrogens with one attached hydrogen (secondary N) is 2. The minimum atomic E-state index is -0.256. The molecule has 288 valence electrons. The predicted octanol–water partition coefficient (Wildman–Crippen LogP) is 0.268. The van der Waals surface area contributed by atoms with Gasteiger partial charge in [0.25, 0.3) is 11.8 Å². The molecular weight excluding hydrogens is 668 g/mol. The first kappa shape index (κ1) is 42.1. The molecule has 2 aliphatic rings. The highest BCUT2D eigenvalue weighted by Crippen LogP contribution is 2.30. The summed E-state index contributed by atoms with van der Waals surface area (Å²) in [7, 11) is 0. The van der Waals surface area contributed by atoms with Crippen molar-refractivity contribution in [1.82, 2.24) is 30.5 Å². The summed E-state index contributed by atoms with van der Waals surface area (Å²) in [5.41, 5.74) is 0.665. The second-order valence-corrected chi connectivity index (χ2v) is 12.0. The van der Waals surface area contributed by atoms with Gasteiger partial charge in [0.2, 0.25) is 11.8 Å². The molecule has 2 N–H and O–H groups in total. The average Bonchev–Trinajstić information content (AvgIpc) is 3.73. The van der Waals surface area contributed by atoms with Gasteiger partial charge in [-0.15, -0.1) is 5.10 Å². The van der Waals surface area contributed by atoms with Gasteiger partial charge in [-0.3, -0.25) is 24.1 Å². The van der Waals surface area contributed by atoms with E-state index in [1.54, 1.807) is 10.9 Å². The highest BCUT2D eigenvalue weighted by atomic mass is 16.6. The van der Waals surface area contributed by atoms with E-state index in [4.69, 9.17) is 33.2 Å². The Morgan fingerprint density at radius 2 is 1.27 bits per heavy atom. The molecule has 0 aromatic carbocycles. The third kappa shape index (κ3) is 18.7. The molecule has 1 aliphatic carbocycles. The zero-order valence-electron chi connectivity index (χ0n) is 29.9. The lowest BCUT2D eigenvalue weighted by Crippen LogP contribution is -2.38. The maximum absolute atomic E-state index is 12.7. The van der Waals surface area contributed by atoms with Crippen LogP contribution in [0.25, 0.3) is 0 Å². The molecule has 0 spiro atoms. The fourth-order valence-corrected chi connectivity index (χ4v) is 5.35. The quantitative estimate of drug-likeness (QED) is 0.0813. The van der Waals surface area contributed by atoms with Crippen LogP contribution in [0.2, 0.25) is 0 Å². The zero-order chi connectivity index (χ0) is 36.4. The molecule has 1 saturated carbocycles. The van der Waals surface area contributed by atoms with Crippen molar-refractivity contribution >= 4 is 23.6 Å². The van der Waals surface area contributed by atoms with Crippen LogP contribution in [0, 0.1) is 11.8 Å². The van der Waals surface area contributed by atoms with Gasteiger partial charge >= 0.3 is 0 Å². The fraction of sp³-hybridized carbons (Fsp3) is 0.765. The van der Waals surface area contributed by atoms with Crippen LogP contribution in [0.15, 0.2) is 18.3 Å². The van der Waals surface area contributed by atoms with E-state index in [-0.39, 0.29) is 41.9 Å². The lowest BCUT2D eigenvalue weighted by molar-refractivity contribution is -0.138. The van der Waals surface area contributed by atoms with Crippen LogP contribution >= 0.6 is 0 Å². The minimum Gasteiger partial charge on any atom is -0.379 e. The number of amides is 4. The van der Waals surface area contributed by atoms with Crippen molar-refractivity contribution in [2.45, 2.75) is 52.1 Å². The Bertz CT molecular complexity index is 1160. The molecule has 2 heterocycles. The summed E-state index contributed by atoms with van der Waals surface area (Å²) < 4.78 is 39.6. The van der Waals surface area contributed by atoms with Gasteiger partial charge in [0.1, 0.15) is 5.69 Å². The lowest BCUT2D eigenvalue weighted by Gasteiger charge is -2.29. The van der Waals surface area contributed by atoms with Crippen LogP contribution in [0.1, 0.15) is 44.7 Å². The van der Waals surface area contributed by atoms with Gasteiger partial charge in [-0.1, -0.05) is 5.21 Å². The van der Waals surface area contributed by atoms with E-state index in [1.807, 2.05) is 6.92 Å². The monoisotopic (exact) mass is 724 g/mol. The van der Waals surface area contributed by atoms with Crippen LogP contribution in [0.3, 0.4) is 0 Å². The van der Waals surface area contributed by atoms with Crippen LogP contribution in [-0.2, 0) is 65.4 Å². The molecule has 0 radical (unpaired) electrons. The highest BCUT2D eigenvalue weighted by Gasteiger charge is 2.31. The van der Waals surface area contributed by atoms with Crippen molar-refractivity contribution in [2.24, 2.45) is 11.8 Å². The van der Waals surface area contributed by atoms with Gasteiger partial charge < -0.3 is 43.8 Å². The Morgan fingerprint density at radius 3 is 1.88 bits per heavy atom. The van der Waals surface area contributed by atoms with Gasteiger partial charge in [0.15, 0.2) is 0 Å². The second kappa shape index (κ2) is 26.5. The van der Waals surface area contributed by atoms with Crippen molar-refractivity contribution in [1.29, 1.82) is 0 Å². The SMILES string of the molecule is CCOCCOCCOCCNC(=O)CCOCCOCCOCCOCCn1cc(CNC(=O)C2CCC(CN3C(=O)C=CC3=O)CC2)nn1. The maximum atomic E-state index is 12.7. The van der Waals surface area contributed by atoms with Crippen molar-refractivity contribution in [3.05, 3.63) is 24.0 Å². The molecule has 1 aromatic rings. The number of hydrogen-bond acceptors (Lipinski definition) is 13. The third-order valence-electron chi connectivity index (χ3n) is 8.16. The van der Waals surface area contributed by atoms with Gasteiger partial charge in [-0.2, -0.15) is 0 Å². The standard InChI is InChI=1S/C34H56N6O11/c1-2-45-15-16-49-21-18-47-13-10-35-31(41)9-12-46-17-20-50-23-24-51-22-19-48-14-11-39-27-30(37-38-39)25-36-34(44)29-5-3-28(4-6-29)26-40-32(42)7-8-33(40)43/h7-8,27-29H,2-6,9-26H2,1H3,(H,35,41)(H,36,44). The van der Waals surface area contributed by atoms with E-state index in [0.29, 0.717) is 124 Å². The zero-order valence-corrected chi connectivity index (χ0v) is 29.9. The van der Waals surface area contributed by atoms with Gasteiger partial charge in [0.05, 0.1) is 105 Å². The molecule has 51 heavy (non-hydrogen) atoms. The lowest BCUT2D eigenvalue weighted by atomic mass is 9.81. The summed E-state index contributed by atoms with van der Waals surface area (Å²) in [5, 5.41) is 14.0. The summed E-state index contributed by atoms with van der Waals surface area (Å²) in [6.45, 7) is 10.1. The van der Waals surface area contributed by atoms with Crippen molar-refractivity contribution in [3.8, 4) is 0 Å². The normalized spacial score (nSPS) is 17.4. The van der Waals surface area contributed by atoms with Crippen LogP contribution in [0.5, 0.6) is 0 Å². The Kier molecular flexibility index (Phi) is 21.8. The molecule has 0 bridgehead atoms. The first-order chi connectivity index (χ1) is 25.0. The number of aromatic nitrogens is 3. The summed E-state index contributed by atoms with van der Waals surface area (Å²) in [6.07, 6.45) is 7.73. The van der Waals surface area contributed by atoms with E-state index >= 15 is 0 Å². The van der Waals surface area contributed by atoms with Crippen molar-refractivity contribution in [3.63, 3.8) is 0 Å². The van der Waals surface area contributed by atoms with Crippen LogP contribution < -0.4 is 10.6 Å². The molecule has 17 nitrogen and oxygen atoms in total. The predicted molar refractivity (Wildman–Crippen MR) is 182 cm³/mol. The summed E-state index contributed by atoms with van der Waals surface area (Å²) >= 11 is 0. The van der Waals surface area contributed by atoms with Gasteiger partial charge in [-0.05, 0) is 38.5 Å². The van der Waals surface area contributed by atoms with Crippen LogP contribution in [-0.4, -0.2) is 149 Å². The molecule has 4 amide bonds. The number of carbonyl (C=O) groups is 4. The Morgan fingerprint density at radius 1 is 0.725 bits per heavy atom. The van der Waals surface area contributed by atoms with E-state index < -0.39 is 0 Å². The van der Waals surface area contributed by atoms with Crippen molar-refractivity contribution in [2.75, 3.05) is 106 Å². The molecular formula is C34H56N6O11. The third-order valence-corrected chi connectivity index (χ3v) is 8.16. The maximum Gasteiger partial charge on any atom is 0.253 e. The first-order valence-corrected chi connectivity index (χ1v) is 18.0. The molecule has 3 rings (SSSR count). The summed E-state index contributed by atoms with van der Waals surface area (Å²) in [5.74, 6) is -0.471. The molecule has 1 fully saturated rings. The number of ether oxygens (including phenoxy) is 7. The van der Waals surface area contributed by atoms with Gasteiger partial charge in [0, 0.05) is 44.2 Å². The van der Waals surface area contributed by atoms with E-state index in [0.717, 1.165) is 25.7 Å². The Hall–Kier alpha value is -3.32. The van der Waals surface area contributed by atoms with Crippen LogP contribution in [0.4, 0.5) is 0 Å². The number of carbonyl (C=O) groups excluding carboxylic acids is 4. The van der Waals surface area contributed by atoms with E-state index in [2.05, 4.69) is 20.9 Å². The number of hydrogen-bond donors (Lipinski definition) is 2. The largest absolute Gasteiger partial charge is 0.379 e. The number of nitrogens with zero attached hydrogens (tertiary/aromatic N) is 4. The molecule has 1 aliphatic heterocycles. The fourth-order valence-electron chi connectivity index (χ4n) is 5.35. The number of imide groups is 1. The smallest absolute Gasteiger partial charge is 0.253 e. The first-order valence-electron chi connectivity index (χ1n) is 18.0. The highest BCUT2D eigenvalue weighted by molar-refractivity contribution is 6.12. The molecule has 0 atom stereocenters. The number of rotatable bonds is 30.